The molecule has 0 heterocycles. The van der Waals surface area contributed by atoms with Crippen molar-refractivity contribution in [1.29, 1.82) is 0 Å². The Kier molecular flexibility index (Phi) is 4.20. The maximum Gasteiger partial charge on any atom is 0.0583 e. The smallest absolute Gasteiger partial charge is 0.0583 e. The van der Waals surface area contributed by atoms with Crippen molar-refractivity contribution in [2.75, 3.05) is 6.54 Å². The van der Waals surface area contributed by atoms with Gasteiger partial charge in [0.2, 0.25) is 0 Å². The van der Waals surface area contributed by atoms with Gasteiger partial charge in [0.05, 0.1) is 6.10 Å². The number of hydrogen-bond acceptors (Lipinski definition) is 2. The Labute approximate surface area is 81.5 Å². The van der Waals surface area contributed by atoms with Gasteiger partial charge in [0.15, 0.2) is 0 Å². The normalized spacial score (nSPS) is 21.9. The molecular formula is C11H23NO. The molecule has 2 nitrogen and oxygen atoms in total. The van der Waals surface area contributed by atoms with Gasteiger partial charge >= 0.3 is 0 Å². The maximum atomic E-state index is 9.88. The molecule has 2 unspecified atom stereocenters. The van der Waals surface area contributed by atoms with Crippen molar-refractivity contribution in [2.45, 2.75) is 45.6 Å². The first-order valence-electron chi connectivity index (χ1n) is 5.53. The lowest BCUT2D eigenvalue weighted by Gasteiger charge is -2.24. The molecule has 1 aliphatic rings. The first-order valence-corrected chi connectivity index (χ1v) is 5.53. The zero-order chi connectivity index (χ0) is 9.84. The topological polar surface area (TPSA) is 46.2 Å². The first kappa shape index (κ1) is 11.0. The molecule has 0 amide bonds. The monoisotopic (exact) mass is 185 g/mol. The zero-order valence-corrected chi connectivity index (χ0v) is 8.87. The lowest BCUT2D eigenvalue weighted by Crippen LogP contribution is -2.32. The van der Waals surface area contributed by atoms with E-state index in [9.17, 15) is 5.11 Å². The van der Waals surface area contributed by atoms with E-state index in [4.69, 9.17) is 5.73 Å². The molecule has 2 heteroatoms. The Bertz CT molecular complexity index is 143. The van der Waals surface area contributed by atoms with Gasteiger partial charge in [-0.25, -0.2) is 0 Å². The van der Waals surface area contributed by atoms with Crippen molar-refractivity contribution < 1.29 is 5.11 Å². The summed E-state index contributed by atoms with van der Waals surface area (Å²) >= 11 is 0. The standard InChI is InChI=1S/C11H23NO/c1-8(2)10(7-12)11(13)6-5-9-3-4-9/h8-11,13H,3-7,12H2,1-2H3. The number of rotatable bonds is 6. The van der Waals surface area contributed by atoms with Crippen LogP contribution in [0.1, 0.15) is 39.5 Å². The van der Waals surface area contributed by atoms with E-state index in [-0.39, 0.29) is 6.10 Å². The van der Waals surface area contributed by atoms with Gasteiger partial charge in [-0.2, -0.15) is 0 Å². The maximum absolute atomic E-state index is 9.88. The van der Waals surface area contributed by atoms with Gasteiger partial charge in [-0.1, -0.05) is 26.7 Å². The van der Waals surface area contributed by atoms with E-state index in [1.807, 2.05) is 0 Å². The first-order chi connectivity index (χ1) is 6.15. The molecule has 0 aromatic rings. The van der Waals surface area contributed by atoms with Crippen molar-refractivity contribution in [1.82, 2.24) is 0 Å². The van der Waals surface area contributed by atoms with Crippen LogP contribution in [-0.2, 0) is 0 Å². The fraction of sp³-hybridized carbons (Fsp3) is 1.00. The van der Waals surface area contributed by atoms with E-state index >= 15 is 0 Å². The van der Waals surface area contributed by atoms with Crippen molar-refractivity contribution in [3.63, 3.8) is 0 Å². The average molecular weight is 185 g/mol. The van der Waals surface area contributed by atoms with Gasteiger partial charge in [0.25, 0.3) is 0 Å². The molecule has 1 aliphatic carbocycles. The van der Waals surface area contributed by atoms with Crippen LogP contribution in [0.25, 0.3) is 0 Å². The van der Waals surface area contributed by atoms with Crippen molar-refractivity contribution in [3.05, 3.63) is 0 Å². The van der Waals surface area contributed by atoms with Gasteiger partial charge in [-0.15, -0.1) is 0 Å². The van der Waals surface area contributed by atoms with Crippen LogP contribution in [0.2, 0.25) is 0 Å². The predicted octanol–water partition coefficient (Wildman–Crippen LogP) is 1.77. The molecular weight excluding hydrogens is 162 g/mol. The lowest BCUT2D eigenvalue weighted by molar-refractivity contribution is 0.0751. The number of nitrogens with two attached hydrogens (primary N) is 1. The average Bonchev–Trinajstić information content (AvgIpc) is 2.84. The summed E-state index contributed by atoms with van der Waals surface area (Å²) in [5.74, 6) is 1.71. The predicted molar refractivity (Wildman–Crippen MR) is 55.3 cm³/mol. The molecule has 1 saturated carbocycles. The molecule has 0 aromatic heterocycles. The molecule has 1 rings (SSSR count). The van der Waals surface area contributed by atoms with E-state index in [1.54, 1.807) is 0 Å². The molecule has 78 valence electrons. The molecule has 0 spiro atoms. The van der Waals surface area contributed by atoms with Crippen LogP contribution in [0.3, 0.4) is 0 Å². The molecule has 0 radical (unpaired) electrons. The number of hydrogen-bond donors (Lipinski definition) is 2. The largest absolute Gasteiger partial charge is 0.393 e. The molecule has 2 atom stereocenters. The highest BCUT2D eigenvalue weighted by molar-refractivity contribution is 4.78. The Morgan fingerprint density at radius 1 is 1.38 bits per heavy atom. The Hall–Kier alpha value is -0.0800. The Morgan fingerprint density at radius 3 is 2.38 bits per heavy atom. The van der Waals surface area contributed by atoms with E-state index in [0.717, 1.165) is 12.3 Å². The fourth-order valence-corrected chi connectivity index (χ4v) is 1.90. The fourth-order valence-electron chi connectivity index (χ4n) is 1.90. The molecule has 13 heavy (non-hydrogen) atoms. The minimum absolute atomic E-state index is 0.175. The third kappa shape index (κ3) is 3.65. The summed E-state index contributed by atoms with van der Waals surface area (Å²) < 4.78 is 0. The second-order valence-corrected chi connectivity index (χ2v) is 4.73. The minimum atomic E-state index is -0.175. The van der Waals surface area contributed by atoms with Crippen molar-refractivity contribution in [3.8, 4) is 0 Å². The third-order valence-electron chi connectivity index (χ3n) is 3.19. The highest BCUT2D eigenvalue weighted by Gasteiger charge is 2.25. The molecule has 0 bridgehead atoms. The second-order valence-electron chi connectivity index (χ2n) is 4.73. The third-order valence-corrected chi connectivity index (χ3v) is 3.19. The zero-order valence-electron chi connectivity index (χ0n) is 8.87. The molecule has 3 N–H and O–H groups in total. The summed E-state index contributed by atoms with van der Waals surface area (Å²) in [5.41, 5.74) is 5.64. The van der Waals surface area contributed by atoms with E-state index in [1.165, 1.54) is 19.3 Å². The SMILES string of the molecule is CC(C)C(CN)C(O)CCC1CC1. The van der Waals surface area contributed by atoms with Crippen LogP contribution in [0, 0.1) is 17.8 Å². The van der Waals surface area contributed by atoms with Crippen LogP contribution >= 0.6 is 0 Å². The molecule has 0 aromatic carbocycles. The summed E-state index contributed by atoms with van der Waals surface area (Å²) in [6.07, 6.45) is 4.73. The van der Waals surface area contributed by atoms with Crippen molar-refractivity contribution >= 4 is 0 Å². The van der Waals surface area contributed by atoms with E-state index < -0.39 is 0 Å². The lowest BCUT2D eigenvalue weighted by atomic mass is 9.88. The summed E-state index contributed by atoms with van der Waals surface area (Å²) in [6.45, 7) is 4.89. The van der Waals surface area contributed by atoms with Gasteiger partial charge in [-0.05, 0) is 37.1 Å². The quantitative estimate of drug-likeness (QED) is 0.662. The van der Waals surface area contributed by atoms with Crippen LogP contribution < -0.4 is 5.73 Å². The van der Waals surface area contributed by atoms with E-state index in [0.29, 0.717) is 18.4 Å². The van der Waals surface area contributed by atoms with Crippen molar-refractivity contribution in [2.24, 2.45) is 23.5 Å². The number of aliphatic hydroxyl groups is 1. The summed E-state index contributed by atoms with van der Waals surface area (Å²) in [7, 11) is 0. The van der Waals surface area contributed by atoms with Gasteiger partial charge in [-0.3, -0.25) is 0 Å². The highest BCUT2D eigenvalue weighted by atomic mass is 16.3. The van der Waals surface area contributed by atoms with Crippen LogP contribution in [0.4, 0.5) is 0 Å². The highest BCUT2D eigenvalue weighted by Crippen LogP contribution is 2.34. The number of aliphatic hydroxyl groups excluding tert-OH is 1. The van der Waals surface area contributed by atoms with Crippen LogP contribution in [0.5, 0.6) is 0 Å². The Morgan fingerprint density at radius 2 is 2.00 bits per heavy atom. The molecule has 0 aliphatic heterocycles. The van der Waals surface area contributed by atoms with Crippen LogP contribution in [0.15, 0.2) is 0 Å². The van der Waals surface area contributed by atoms with Gasteiger partial charge < -0.3 is 10.8 Å². The Balaban J connectivity index is 2.20. The summed E-state index contributed by atoms with van der Waals surface area (Å²) in [5, 5.41) is 9.88. The van der Waals surface area contributed by atoms with Crippen LogP contribution in [-0.4, -0.2) is 17.8 Å². The second kappa shape index (κ2) is 4.97. The van der Waals surface area contributed by atoms with Gasteiger partial charge in [0, 0.05) is 0 Å². The minimum Gasteiger partial charge on any atom is -0.393 e. The summed E-state index contributed by atoms with van der Waals surface area (Å²) in [6, 6.07) is 0. The molecule has 0 saturated heterocycles. The van der Waals surface area contributed by atoms with E-state index in [2.05, 4.69) is 13.8 Å². The van der Waals surface area contributed by atoms with Gasteiger partial charge in [0.1, 0.15) is 0 Å². The summed E-state index contributed by atoms with van der Waals surface area (Å²) in [4.78, 5) is 0. The molecule has 1 fully saturated rings.